The number of benzene rings is 1. The van der Waals surface area contributed by atoms with Crippen LogP contribution in [0.5, 0.6) is 5.75 Å². The molecule has 0 radical (unpaired) electrons. The molecule has 0 fully saturated rings. The summed E-state index contributed by atoms with van der Waals surface area (Å²) < 4.78 is 33.3. The molecule has 3 nitrogen and oxygen atoms in total. The molecule has 0 aliphatic rings. The van der Waals surface area contributed by atoms with Crippen LogP contribution >= 0.6 is 0 Å². The predicted molar refractivity (Wildman–Crippen MR) is 62.7 cm³/mol. The summed E-state index contributed by atoms with van der Waals surface area (Å²) in [7, 11) is 1.45. The number of Topliss-reactive ketones (excluding diaryl/α,β-unsaturated/α-hetero) is 1. The molecule has 100 valence electrons. The maximum Gasteiger partial charge on any atom is 0.387 e. The zero-order chi connectivity index (χ0) is 13.5. The summed E-state index contributed by atoms with van der Waals surface area (Å²) in [6, 6.07) is 5.90. The summed E-state index contributed by atoms with van der Waals surface area (Å²) in [4.78, 5) is 11.8. The minimum Gasteiger partial charge on any atom is -0.435 e. The summed E-state index contributed by atoms with van der Waals surface area (Å²) in [5.41, 5.74) is 0.637. The van der Waals surface area contributed by atoms with Gasteiger partial charge in [-0.15, -0.1) is 0 Å². The Balaban J connectivity index is 2.78. The molecule has 1 aromatic carbocycles. The lowest BCUT2D eigenvalue weighted by Gasteiger charge is -2.14. The van der Waals surface area contributed by atoms with Crippen molar-refractivity contribution < 1.29 is 23.0 Å². The fraction of sp³-hybridized carbons (Fsp3) is 0.462. The van der Waals surface area contributed by atoms with Crippen LogP contribution in [0.15, 0.2) is 24.3 Å². The number of halogens is 2. The van der Waals surface area contributed by atoms with Gasteiger partial charge in [0.1, 0.15) is 11.9 Å². The minimum atomic E-state index is -2.85. The van der Waals surface area contributed by atoms with Crippen molar-refractivity contribution in [1.29, 1.82) is 0 Å². The second-order valence-corrected chi connectivity index (χ2v) is 3.78. The van der Waals surface area contributed by atoms with Crippen LogP contribution in [-0.4, -0.2) is 19.5 Å². The highest BCUT2D eigenvalue weighted by atomic mass is 19.3. The van der Waals surface area contributed by atoms with E-state index in [9.17, 15) is 13.6 Å². The standard InChI is InChI=1S/C13H16F2O3/c1-3-4-11(16)12(17-2)9-5-7-10(8-6-9)18-13(14)15/h5-8,12-13H,3-4H2,1-2H3. The Labute approximate surface area is 105 Å². The molecule has 0 aliphatic carbocycles. The molecular formula is C13H16F2O3. The van der Waals surface area contributed by atoms with Gasteiger partial charge in [-0.25, -0.2) is 0 Å². The molecule has 1 atom stereocenters. The maximum absolute atomic E-state index is 12.0. The SMILES string of the molecule is CCCC(=O)C(OC)c1ccc(OC(F)F)cc1. The predicted octanol–water partition coefficient (Wildman–Crippen LogP) is 3.34. The molecule has 18 heavy (non-hydrogen) atoms. The number of rotatable bonds is 7. The van der Waals surface area contributed by atoms with E-state index >= 15 is 0 Å². The molecule has 0 aliphatic heterocycles. The van der Waals surface area contributed by atoms with Crippen LogP contribution in [0.25, 0.3) is 0 Å². The normalized spacial score (nSPS) is 12.5. The van der Waals surface area contributed by atoms with Gasteiger partial charge in [0.25, 0.3) is 0 Å². The fourth-order valence-corrected chi connectivity index (χ4v) is 1.65. The quantitative estimate of drug-likeness (QED) is 0.752. The molecule has 0 heterocycles. The van der Waals surface area contributed by atoms with E-state index in [1.807, 2.05) is 6.92 Å². The third-order valence-corrected chi connectivity index (χ3v) is 2.43. The molecule has 0 bridgehead atoms. The highest BCUT2D eigenvalue weighted by Crippen LogP contribution is 2.23. The van der Waals surface area contributed by atoms with Crippen molar-refractivity contribution in [1.82, 2.24) is 0 Å². The van der Waals surface area contributed by atoms with Gasteiger partial charge < -0.3 is 9.47 Å². The Morgan fingerprint density at radius 1 is 1.28 bits per heavy atom. The topological polar surface area (TPSA) is 35.5 Å². The Morgan fingerprint density at radius 3 is 2.33 bits per heavy atom. The highest BCUT2D eigenvalue weighted by Gasteiger charge is 2.19. The lowest BCUT2D eigenvalue weighted by molar-refractivity contribution is -0.129. The van der Waals surface area contributed by atoms with Gasteiger partial charge in [0.15, 0.2) is 5.78 Å². The summed E-state index contributed by atoms with van der Waals surface area (Å²) in [6.07, 6.45) is 0.518. The van der Waals surface area contributed by atoms with Crippen molar-refractivity contribution in [3.63, 3.8) is 0 Å². The molecule has 1 rings (SSSR count). The highest BCUT2D eigenvalue weighted by molar-refractivity contribution is 5.84. The third kappa shape index (κ3) is 4.07. The van der Waals surface area contributed by atoms with Crippen LogP contribution < -0.4 is 4.74 Å². The van der Waals surface area contributed by atoms with Crippen molar-refractivity contribution in [3.05, 3.63) is 29.8 Å². The van der Waals surface area contributed by atoms with Crippen molar-refractivity contribution in [2.75, 3.05) is 7.11 Å². The van der Waals surface area contributed by atoms with Crippen LogP contribution in [-0.2, 0) is 9.53 Å². The van der Waals surface area contributed by atoms with Gasteiger partial charge in [0, 0.05) is 13.5 Å². The van der Waals surface area contributed by atoms with E-state index in [2.05, 4.69) is 4.74 Å². The second-order valence-electron chi connectivity index (χ2n) is 3.78. The zero-order valence-electron chi connectivity index (χ0n) is 10.4. The fourth-order valence-electron chi connectivity index (χ4n) is 1.65. The van der Waals surface area contributed by atoms with E-state index in [1.54, 1.807) is 12.1 Å². The molecule has 1 aromatic rings. The Morgan fingerprint density at radius 2 is 1.89 bits per heavy atom. The van der Waals surface area contributed by atoms with Gasteiger partial charge in [-0.2, -0.15) is 8.78 Å². The van der Waals surface area contributed by atoms with E-state index in [1.165, 1.54) is 19.2 Å². The molecule has 5 heteroatoms. The van der Waals surface area contributed by atoms with E-state index in [-0.39, 0.29) is 11.5 Å². The number of alkyl halides is 2. The van der Waals surface area contributed by atoms with Gasteiger partial charge in [0.05, 0.1) is 0 Å². The van der Waals surface area contributed by atoms with Crippen LogP contribution in [0.3, 0.4) is 0 Å². The van der Waals surface area contributed by atoms with E-state index in [4.69, 9.17) is 4.74 Å². The average molecular weight is 258 g/mol. The number of methoxy groups -OCH3 is 1. The lowest BCUT2D eigenvalue weighted by Crippen LogP contribution is -2.14. The Kier molecular flexibility index (Phi) is 5.71. The lowest BCUT2D eigenvalue weighted by atomic mass is 10.0. The van der Waals surface area contributed by atoms with Gasteiger partial charge in [-0.05, 0) is 24.1 Å². The molecular weight excluding hydrogens is 242 g/mol. The van der Waals surface area contributed by atoms with E-state index in [0.29, 0.717) is 12.0 Å². The molecule has 0 spiro atoms. The monoisotopic (exact) mass is 258 g/mol. The first-order valence-corrected chi connectivity index (χ1v) is 5.68. The largest absolute Gasteiger partial charge is 0.435 e. The number of hydrogen-bond donors (Lipinski definition) is 0. The molecule has 0 amide bonds. The first-order valence-electron chi connectivity index (χ1n) is 5.68. The number of carbonyl (C=O) groups excluding carboxylic acids is 1. The zero-order valence-corrected chi connectivity index (χ0v) is 10.4. The Bertz CT molecular complexity index is 376. The molecule has 1 unspecified atom stereocenters. The summed E-state index contributed by atoms with van der Waals surface area (Å²) in [6.45, 7) is -0.944. The first kappa shape index (κ1) is 14.6. The second kappa shape index (κ2) is 7.06. The van der Waals surface area contributed by atoms with Crippen molar-refractivity contribution in [2.45, 2.75) is 32.5 Å². The number of carbonyl (C=O) groups is 1. The first-order chi connectivity index (χ1) is 8.58. The average Bonchev–Trinajstić information content (AvgIpc) is 2.32. The van der Waals surface area contributed by atoms with Gasteiger partial charge >= 0.3 is 6.61 Å². The molecule has 0 saturated carbocycles. The van der Waals surface area contributed by atoms with E-state index in [0.717, 1.165) is 6.42 Å². The smallest absolute Gasteiger partial charge is 0.387 e. The van der Waals surface area contributed by atoms with Crippen LogP contribution in [0, 0.1) is 0 Å². The number of ketones is 1. The molecule has 0 saturated heterocycles. The number of ether oxygens (including phenoxy) is 2. The minimum absolute atomic E-state index is 0.0254. The van der Waals surface area contributed by atoms with Crippen molar-refractivity contribution in [2.24, 2.45) is 0 Å². The third-order valence-electron chi connectivity index (χ3n) is 2.43. The van der Waals surface area contributed by atoms with Crippen molar-refractivity contribution in [3.8, 4) is 5.75 Å². The number of hydrogen-bond acceptors (Lipinski definition) is 3. The van der Waals surface area contributed by atoms with E-state index < -0.39 is 12.7 Å². The summed E-state index contributed by atoms with van der Waals surface area (Å²) in [5, 5.41) is 0. The summed E-state index contributed by atoms with van der Waals surface area (Å²) >= 11 is 0. The van der Waals surface area contributed by atoms with Gasteiger partial charge in [-0.3, -0.25) is 4.79 Å². The maximum atomic E-state index is 12.0. The molecule has 0 aromatic heterocycles. The van der Waals surface area contributed by atoms with Gasteiger partial charge in [-0.1, -0.05) is 19.1 Å². The molecule has 0 N–H and O–H groups in total. The van der Waals surface area contributed by atoms with Crippen molar-refractivity contribution >= 4 is 5.78 Å². The Hall–Kier alpha value is -1.49. The van der Waals surface area contributed by atoms with Gasteiger partial charge in [0.2, 0.25) is 0 Å². The summed E-state index contributed by atoms with van der Waals surface area (Å²) in [5.74, 6) is 0.0362. The van der Waals surface area contributed by atoms with Crippen LogP contribution in [0.4, 0.5) is 8.78 Å². The van der Waals surface area contributed by atoms with Crippen LogP contribution in [0.1, 0.15) is 31.4 Å². The van der Waals surface area contributed by atoms with Crippen LogP contribution in [0.2, 0.25) is 0 Å².